The molecule has 0 fully saturated rings. The van der Waals surface area contributed by atoms with Crippen LogP contribution in [0.15, 0.2) is 12.7 Å². The second kappa shape index (κ2) is 7.60. The molecule has 5 nitrogen and oxygen atoms in total. The van der Waals surface area contributed by atoms with Crippen molar-refractivity contribution in [1.82, 2.24) is 5.32 Å². The summed E-state index contributed by atoms with van der Waals surface area (Å²) in [4.78, 5) is 33.2. The minimum Gasteiger partial charge on any atom is -0.481 e. The molecule has 1 amide bonds. The molecule has 0 spiro atoms. The van der Waals surface area contributed by atoms with Gasteiger partial charge in [-0.25, -0.2) is 0 Å². The van der Waals surface area contributed by atoms with Gasteiger partial charge in [0.1, 0.15) is 0 Å². The van der Waals surface area contributed by atoms with E-state index in [9.17, 15) is 14.4 Å². The standard InChI is InChI=1S/C12H19NO4/c1-4-10(14)9(7-8(2)3)13-11(15)5-6-12(16)17/h4,8-9H,1,5-7H2,2-3H3,(H,13,15)(H,16,17)/t9-/m0/s1. The number of carboxylic acids is 1. The number of aliphatic carboxylic acids is 1. The third kappa shape index (κ3) is 7.27. The van der Waals surface area contributed by atoms with Gasteiger partial charge in [-0.1, -0.05) is 20.4 Å². The summed E-state index contributed by atoms with van der Waals surface area (Å²) in [6.07, 6.45) is 1.34. The summed E-state index contributed by atoms with van der Waals surface area (Å²) in [5.74, 6) is -1.45. The van der Waals surface area contributed by atoms with Gasteiger partial charge in [0, 0.05) is 6.42 Å². The van der Waals surface area contributed by atoms with Crippen molar-refractivity contribution in [1.29, 1.82) is 0 Å². The van der Waals surface area contributed by atoms with Gasteiger partial charge in [0.15, 0.2) is 5.78 Å². The lowest BCUT2D eigenvalue weighted by Gasteiger charge is -2.17. The number of carbonyl (C=O) groups is 3. The second-order valence-electron chi connectivity index (χ2n) is 4.25. The van der Waals surface area contributed by atoms with E-state index in [0.29, 0.717) is 6.42 Å². The van der Waals surface area contributed by atoms with Crippen LogP contribution in [0.2, 0.25) is 0 Å². The minimum absolute atomic E-state index is 0.117. The summed E-state index contributed by atoms with van der Waals surface area (Å²) in [5.41, 5.74) is 0. The highest BCUT2D eigenvalue weighted by Crippen LogP contribution is 2.06. The van der Waals surface area contributed by atoms with Crippen molar-refractivity contribution in [3.8, 4) is 0 Å². The van der Waals surface area contributed by atoms with Crippen LogP contribution in [-0.2, 0) is 14.4 Å². The Hall–Kier alpha value is -1.65. The first kappa shape index (κ1) is 15.3. The third-order valence-corrected chi connectivity index (χ3v) is 2.15. The van der Waals surface area contributed by atoms with Gasteiger partial charge >= 0.3 is 5.97 Å². The van der Waals surface area contributed by atoms with Gasteiger partial charge in [0.2, 0.25) is 5.91 Å². The fourth-order valence-corrected chi connectivity index (χ4v) is 1.35. The predicted octanol–water partition coefficient (Wildman–Crippen LogP) is 1.14. The van der Waals surface area contributed by atoms with Crippen LogP contribution in [0, 0.1) is 5.92 Å². The molecular weight excluding hydrogens is 222 g/mol. The summed E-state index contributed by atoms with van der Waals surface area (Å²) < 4.78 is 0. The van der Waals surface area contributed by atoms with E-state index in [1.165, 1.54) is 6.08 Å². The summed E-state index contributed by atoms with van der Waals surface area (Å²) >= 11 is 0. The van der Waals surface area contributed by atoms with Crippen molar-refractivity contribution in [2.75, 3.05) is 0 Å². The van der Waals surface area contributed by atoms with Crippen molar-refractivity contribution in [2.45, 2.75) is 39.2 Å². The van der Waals surface area contributed by atoms with Crippen molar-refractivity contribution < 1.29 is 19.5 Å². The Morgan fingerprint density at radius 2 is 1.88 bits per heavy atom. The predicted molar refractivity (Wildman–Crippen MR) is 63.5 cm³/mol. The molecule has 0 saturated heterocycles. The molecule has 0 unspecified atom stereocenters. The van der Waals surface area contributed by atoms with Crippen molar-refractivity contribution in [2.24, 2.45) is 5.92 Å². The van der Waals surface area contributed by atoms with Gasteiger partial charge in [-0.3, -0.25) is 14.4 Å². The Kier molecular flexibility index (Phi) is 6.86. The third-order valence-electron chi connectivity index (χ3n) is 2.15. The zero-order valence-corrected chi connectivity index (χ0v) is 10.2. The molecule has 0 aromatic heterocycles. The quantitative estimate of drug-likeness (QED) is 0.624. The number of ketones is 1. The molecule has 0 aliphatic heterocycles. The highest BCUT2D eigenvalue weighted by molar-refractivity contribution is 5.96. The molecule has 0 heterocycles. The Balaban J connectivity index is 4.32. The molecular formula is C12H19NO4. The molecule has 2 N–H and O–H groups in total. The fourth-order valence-electron chi connectivity index (χ4n) is 1.35. The Morgan fingerprint density at radius 1 is 1.29 bits per heavy atom. The van der Waals surface area contributed by atoms with E-state index in [2.05, 4.69) is 11.9 Å². The van der Waals surface area contributed by atoms with Gasteiger partial charge in [-0.2, -0.15) is 0 Å². The van der Waals surface area contributed by atoms with Crippen LogP contribution in [0.5, 0.6) is 0 Å². The Bertz CT molecular complexity index is 310. The minimum atomic E-state index is -1.03. The molecule has 0 aliphatic rings. The maximum absolute atomic E-state index is 11.5. The largest absolute Gasteiger partial charge is 0.481 e. The van der Waals surface area contributed by atoms with Gasteiger partial charge in [-0.15, -0.1) is 0 Å². The first-order chi connectivity index (χ1) is 7.86. The van der Waals surface area contributed by atoms with E-state index in [-0.39, 0.29) is 24.5 Å². The van der Waals surface area contributed by atoms with Crippen LogP contribution in [0.3, 0.4) is 0 Å². The first-order valence-corrected chi connectivity index (χ1v) is 5.54. The molecule has 0 bridgehead atoms. The molecule has 0 aliphatic carbocycles. The summed E-state index contributed by atoms with van der Waals surface area (Å²) in [5, 5.41) is 11.0. The lowest BCUT2D eigenvalue weighted by molar-refractivity contribution is -0.139. The number of carboxylic acid groups (broad SMARTS) is 1. The van der Waals surface area contributed by atoms with Crippen molar-refractivity contribution >= 4 is 17.7 Å². The maximum atomic E-state index is 11.5. The average Bonchev–Trinajstić information content (AvgIpc) is 2.23. The number of nitrogens with one attached hydrogen (secondary N) is 1. The molecule has 1 atom stereocenters. The average molecular weight is 241 g/mol. The monoisotopic (exact) mass is 241 g/mol. The SMILES string of the molecule is C=CC(=O)[C@H](CC(C)C)NC(=O)CCC(=O)O. The highest BCUT2D eigenvalue weighted by atomic mass is 16.4. The zero-order valence-electron chi connectivity index (χ0n) is 10.2. The van der Waals surface area contributed by atoms with Crippen LogP contribution in [0.1, 0.15) is 33.1 Å². The highest BCUT2D eigenvalue weighted by Gasteiger charge is 2.19. The van der Waals surface area contributed by atoms with E-state index in [1.807, 2.05) is 13.8 Å². The lowest BCUT2D eigenvalue weighted by atomic mass is 10.00. The summed E-state index contributed by atoms with van der Waals surface area (Å²) in [7, 11) is 0. The topological polar surface area (TPSA) is 83.5 Å². The number of hydrogen-bond acceptors (Lipinski definition) is 3. The number of carbonyl (C=O) groups excluding carboxylic acids is 2. The van der Waals surface area contributed by atoms with E-state index in [1.54, 1.807) is 0 Å². The van der Waals surface area contributed by atoms with Crippen LogP contribution < -0.4 is 5.32 Å². The normalized spacial score (nSPS) is 11.9. The molecule has 5 heteroatoms. The molecule has 0 radical (unpaired) electrons. The molecule has 96 valence electrons. The molecule has 17 heavy (non-hydrogen) atoms. The van der Waals surface area contributed by atoms with Crippen LogP contribution in [-0.4, -0.2) is 28.8 Å². The molecule has 0 rings (SSSR count). The van der Waals surface area contributed by atoms with E-state index in [4.69, 9.17) is 5.11 Å². The van der Waals surface area contributed by atoms with Gasteiger partial charge in [-0.05, 0) is 18.4 Å². The number of rotatable bonds is 8. The number of amides is 1. The molecule has 0 aromatic carbocycles. The summed E-state index contributed by atoms with van der Waals surface area (Å²) in [6.45, 7) is 7.25. The second-order valence-corrected chi connectivity index (χ2v) is 4.25. The number of hydrogen-bond donors (Lipinski definition) is 2. The van der Waals surface area contributed by atoms with Crippen molar-refractivity contribution in [3.63, 3.8) is 0 Å². The molecule has 0 saturated carbocycles. The van der Waals surface area contributed by atoms with E-state index in [0.717, 1.165) is 0 Å². The lowest BCUT2D eigenvalue weighted by Crippen LogP contribution is -2.41. The van der Waals surface area contributed by atoms with E-state index >= 15 is 0 Å². The van der Waals surface area contributed by atoms with Crippen LogP contribution in [0.25, 0.3) is 0 Å². The smallest absolute Gasteiger partial charge is 0.303 e. The Morgan fingerprint density at radius 3 is 2.29 bits per heavy atom. The molecule has 0 aromatic rings. The van der Waals surface area contributed by atoms with Gasteiger partial charge < -0.3 is 10.4 Å². The Labute approximate surface area is 101 Å². The first-order valence-electron chi connectivity index (χ1n) is 5.54. The zero-order chi connectivity index (χ0) is 13.4. The van der Waals surface area contributed by atoms with Crippen LogP contribution in [0.4, 0.5) is 0 Å². The van der Waals surface area contributed by atoms with Gasteiger partial charge in [0.05, 0.1) is 12.5 Å². The van der Waals surface area contributed by atoms with E-state index < -0.39 is 17.9 Å². The van der Waals surface area contributed by atoms with Gasteiger partial charge in [0.25, 0.3) is 0 Å². The van der Waals surface area contributed by atoms with Crippen LogP contribution >= 0.6 is 0 Å². The maximum Gasteiger partial charge on any atom is 0.303 e. The fraction of sp³-hybridized carbons (Fsp3) is 0.583. The summed E-state index contributed by atoms with van der Waals surface area (Å²) in [6, 6.07) is -0.603. The van der Waals surface area contributed by atoms with Crippen molar-refractivity contribution in [3.05, 3.63) is 12.7 Å².